The van der Waals surface area contributed by atoms with Gasteiger partial charge in [-0.1, -0.05) is 19.8 Å². The summed E-state index contributed by atoms with van der Waals surface area (Å²) < 4.78 is 5.21. The normalized spacial score (nSPS) is 11.9. The van der Waals surface area contributed by atoms with Gasteiger partial charge in [0, 0.05) is 0 Å². The second kappa shape index (κ2) is 7.47. The Morgan fingerprint density at radius 2 is 2.28 bits per heavy atom. The van der Waals surface area contributed by atoms with Crippen molar-refractivity contribution in [2.24, 2.45) is 0 Å². The lowest BCUT2D eigenvalue weighted by Crippen LogP contribution is -2.29. The zero-order valence-electron chi connectivity index (χ0n) is 10.7. The average Bonchev–Trinajstić information content (AvgIpc) is 2.35. The fraction of sp³-hybridized carbons (Fsp3) is 0.583. The van der Waals surface area contributed by atoms with Gasteiger partial charge in [-0.3, -0.25) is 4.98 Å². The Morgan fingerprint density at radius 3 is 2.89 bits per heavy atom. The van der Waals surface area contributed by atoms with Gasteiger partial charge >= 0.3 is 5.97 Å². The Hall–Kier alpha value is -1.85. The number of rotatable bonds is 8. The van der Waals surface area contributed by atoms with Gasteiger partial charge in [-0.05, 0) is 13.3 Å². The second-order valence-corrected chi connectivity index (χ2v) is 3.85. The molecule has 100 valence electrons. The number of aliphatic carboxylic acids is 1. The van der Waals surface area contributed by atoms with Gasteiger partial charge in [-0.25, -0.2) is 4.79 Å². The fourth-order valence-corrected chi connectivity index (χ4v) is 1.48. The highest BCUT2D eigenvalue weighted by Gasteiger charge is 2.17. The van der Waals surface area contributed by atoms with Crippen LogP contribution in [0.3, 0.4) is 0 Å². The van der Waals surface area contributed by atoms with E-state index in [-0.39, 0.29) is 0 Å². The topological polar surface area (TPSA) is 84.3 Å². The molecule has 1 heterocycles. The van der Waals surface area contributed by atoms with E-state index in [1.165, 1.54) is 12.4 Å². The largest absolute Gasteiger partial charge is 0.480 e. The number of anilines is 1. The van der Waals surface area contributed by atoms with Crippen LogP contribution in [0, 0.1) is 0 Å². The Labute approximate surface area is 106 Å². The smallest absolute Gasteiger partial charge is 0.326 e. The van der Waals surface area contributed by atoms with Crippen molar-refractivity contribution in [1.29, 1.82) is 0 Å². The van der Waals surface area contributed by atoms with Crippen LogP contribution in [0.15, 0.2) is 12.4 Å². The lowest BCUT2D eigenvalue weighted by Gasteiger charge is -2.14. The van der Waals surface area contributed by atoms with E-state index in [1.54, 1.807) is 0 Å². The van der Waals surface area contributed by atoms with Crippen LogP contribution in [0.25, 0.3) is 0 Å². The minimum atomic E-state index is -0.882. The Bertz CT molecular complexity index is 385. The summed E-state index contributed by atoms with van der Waals surface area (Å²) in [6, 6.07) is -0.642. The van der Waals surface area contributed by atoms with E-state index < -0.39 is 12.0 Å². The molecular weight excluding hydrogens is 234 g/mol. The number of nitrogens with zero attached hydrogens (tertiary/aromatic N) is 2. The third-order valence-electron chi connectivity index (χ3n) is 2.37. The molecule has 0 radical (unpaired) electrons. The molecule has 0 aliphatic rings. The number of unbranched alkanes of at least 4 members (excludes halogenated alkanes) is 1. The molecule has 0 bridgehead atoms. The molecule has 0 unspecified atom stereocenters. The van der Waals surface area contributed by atoms with E-state index in [9.17, 15) is 4.79 Å². The van der Waals surface area contributed by atoms with Crippen molar-refractivity contribution in [2.45, 2.75) is 39.2 Å². The summed E-state index contributed by atoms with van der Waals surface area (Å²) >= 11 is 0. The number of hydrogen-bond acceptors (Lipinski definition) is 5. The lowest BCUT2D eigenvalue weighted by atomic mass is 10.1. The fourth-order valence-electron chi connectivity index (χ4n) is 1.48. The van der Waals surface area contributed by atoms with Gasteiger partial charge in [0.15, 0.2) is 0 Å². The summed E-state index contributed by atoms with van der Waals surface area (Å²) in [5.74, 6) is -0.0707. The van der Waals surface area contributed by atoms with E-state index in [0.29, 0.717) is 24.7 Å². The number of ether oxygens (including phenoxy) is 1. The highest BCUT2D eigenvalue weighted by molar-refractivity contribution is 5.76. The van der Waals surface area contributed by atoms with Gasteiger partial charge in [0.05, 0.1) is 19.0 Å². The van der Waals surface area contributed by atoms with Crippen molar-refractivity contribution in [3.63, 3.8) is 0 Å². The lowest BCUT2D eigenvalue weighted by molar-refractivity contribution is -0.138. The molecular formula is C12H19N3O3. The molecule has 0 aromatic carbocycles. The van der Waals surface area contributed by atoms with Crippen LogP contribution in [-0.2, 0) is 4.79 Å². The number of carboxylic acid groups (broad SMARTS) is 1. The SMILES string of the molecule is CCCC[C@H](Nc1cncc(OCC)n1)C(=O)O. The maximum atomic E-state index is 11.1. The molecule has 0 spiro atoms. The van der Waals surface area contributed by atoms with Crippen LogP contribution >= 0.6 is 0 Å². The molecule has 6 nitrogen and oxygen atoms in total. The molecule has 1 aromatic rings. The average molecular weight is 253 g/mol. The van der Waals surface area contributed by atoms with Crippen LogP contribution in [0.5, 0.6) is 5.88 Å². The maximum absolute atomic E-state index is 11.1. The van der Waals surface area contributed by atoms with Crippen molar-refractivity contribution in [1.82, 2.24) is 9.97 Å². The monoisotopic (exact) mass is 253 g/mol. The van der Waals surface area contributed by atoms with Gasteiger partial charge in [-0.15, -0.1) is 0 Å². The molecule has 0 aliphatic heterocycles. The molecule has 18 heavy (non-hydrogen) atoms. The van der Waals surface area contributed by atoms with E-state index in [0.717, 1.165) is 12.8 Å². The predicted molar refractivity (Wildman–Crippen MR) is 67.8 cm³/mol. The zero-order valence-corrected chi connectivity index (χ0v) is 10.7. The van der Waals surface area contributed by atoms with Crippen molar-refractivity contribution in [3.05, 3.63) is 12.4 Å². The van der Waals surface area contributed by atoms with E-state index in [4.69, 9.17) is 9.84 Å². The van der Waals surface area contributed by atoms with E-state index >= 15 is 0 Å². The molecule has 0 aliphatic carbocycles. The first-order chi connectivity index (χ1) is 8.67. The van der Waals surface area contributed by atoms with Crippen molar-refractivity contribution in [2.75, 3.05) is 11.9 Å². The van der Waals surface area contributed by atoms with E-state index in [1.807, 2.05) is 13.8 Å². The number of nitrogens with one attached hydrogen (secondary N) is 1. The highest BCUT2D eigenvalue weighted by Crippen LogP contribution is 2.12. The van der Waals surface area contributed by atoms with Crippen LogP contribution in [-0.4, -0.2) is 33.7 Å². The van der Waals surface area contributed by atoms with Crippen molar-refractivity contribution >= 4 is 11.8 Å². The second-order valence-electron chi connectivity index (χ2n) is 3.85. The number of aromatic nitrogens is 2. The summed E-state index contributed by atoms with van der Waals surface area (Å²) in [5, 5.41) is 12.0. The number of carbonyl (C=O) groups is 1. The van der Waals surface area contributed by atoms with Gasteiger partial charge in [0.1, 0.15) is 11.9 Å². The maximum Gasteiger partial charge on any atom is 0.326 e. The Balaban J connectivity index is 2.67. The minimum absolute atomic E-state index is 0.391. The summed E-state index contributed by atoms with van der Waals surface area (Å²) in [5.41, 5.74) is 0. The Kier molecular flexibility index (Phi) is 5.90. The Morgan fingerprint density at radius 1 is 1.50 bits per heavy atom. The third kappa shape index (κ3) is 4.57. The summed E-state index contributed by atoms with van der Waals surface area (Å²) in [6.45, 7) is 4.37. The molecule has 0 saturated heterocycles. The molecule has 1 atom stereocenters. The number of hydrogen-bond donors (Lipinski definition) is 2. The first-order valence-corrected chi connectivity index (χ1v) is 6.11. The van der Waals surface area contributed by atoms with Crippen LogP contribution in [0.1, 0.15) is 33.1 Å². The highest BCUT2D eigenvalue weighted by atomic mass is 16.5. The molecule has 0 amide bonds. The summed E-state index contributed by atoms with van der Waals surface area (Å²) in [4.78, 5) is 19.2. The minimum Gasteiger partial charge on any atom is -0.480 e. The quantitative estimate of drug-likeness (QED) is 0.736. The first kappa shape index (κ1) is 14.2. The van der Waals surface area contributed by atoms with Crippen molar-refractivity contribution < 1.29 is 14.6 Å². The summed E-state index contributed by atoms with van der Waals surface area (Å²) in [6.07, 6.45) is 5.35. The molecule has 1 rings (SSSR count). The van der Waals surface area contributed by atoms with Crippen LogP contribution < -0.4 is 10.1 Å². The molecule has 1 aromatic heterocycles. The van der Waals surface area contributed by atoms with Crippen LogP contribution in [0.4, 0.5) is 5.82 Å². The van der Waals surface area contributed by atoms with Gasteiger partial charge in [0.25, 0.3) is 0 Å². The predicted octanol–water partition coefficient (Wildman–Crippen LogP) is 1.93. The molecule has 6 heteroatoms. The van der Waals surface area contributed by atoms with Gasteiger partial charge in [-0.2, -0.15) is 4.98 Å². The van der Waals surface area contributed by atoms with Crippen LogP contribution in [0.2, 0.25) is 0 Å². The first-order valence-electron chi connectivity index (χ1n) is 6.11. The molecule has 0 fully saturated rings. The van der Waals surface area contributed by atoms with Crippen molar-refractivity contribution in [3.8, 4) is 5.88 Å². The summed E-state index contributed by atoms with van der Waals surface area (Å²) in [7, 11) is 0. The zero-order chi connectivity index (χ0) is 13.4. The van der Waals surface area contributed by atoms with E-state index in [2.05, 4.69) is 15.3 Å². The molecule has 0 saturated carbocycles. The van der Waals surface area contributed by atoms with Gasteiger partial charge < -0.3 is 15.2 Å². The molecule has 2 N–H and O–H groups in total. The van der Waals surface area contributed by atoms with Gasteiger partial charge in [0.2, 0.25) is 5.88 Å². The third-order valence-corrected chi connectivity index (χ3v) is 2.37. The number of carboxylic acids is 1. The standard InChI is InChI=1S/C12H19N3O3/c1-3-5-6-9(12(16)17)14-10-7-13-8-11(15-10)18-4-2/h7-9H,3-6H2,1-2H3,(H,14,15)(H,16,17)/t9-/m0/s1.